The lowest BCUT2D eigenvalue weighted by Gasteiger charge is -2.21. The molecule has 2 rings (SSSR count). The second-order valence-electron chi connectivity index (χ2n) is 6.34. The summed E-state index contributed by atoms with van der Waals surface area (Å²) in [5, 5.41) is 3.62. The molecular weight excluding hydrogens is 348 g/mol. The number of hydrogen-bond donors (Lipinski definition) is 1. The van der Waals surface area contributed by atoms with E-state index >= 15 is 0 Å². The van der Waals surface area contributed by atoms with Gasteiger partial charge in [0.05, 0.1) is 0 Å². The summed E-state index contributed by atoms with van der Waals surface area (Å²) >= 11 is 6.17. The number of ether oxygens (including phenoxy) is 1. The van der Waals surface area contributed by atoms with Gasteiger partial charge in [-0.1, -0.05) is 11.6 Å². The summed E-state index contributed by atoms with van der Waals surface area (Å²) < 4.78 is 5.78. The average molecular weight is 375 g/mol. The number of aryl methyl sites for hydroxylation is 2. The largest absolute Gasteiger partial charge is 0.481 e. The Morgan fingerprint density at radius 2 is 1.65 bits per heavy atom. The monoisotopic (exact) mass is 374 g/mol. The van der Waals surface area contributed by atoms with E-state index in [0.717, 1.165) is 40.6 Å². The minimum absolute atomic E-state index is 0.189. The maximum absolute atomic E-state index is 12.4. The smallest absolute Gasteiger partial charge is 0.265 e. The Balaban J connectivity index is 2.00. The van der Waals surface area contributed by atoms with Crippen molar-refractivity contribution in [1.82, 2.24) is 0 Å². The molecule has 0 bridgehead atoms. The van der Waals surface area contributed by atoms with Crippen LogP contribution in [0, 0.1) is 13.8 Å². The van der Waals surface area contributed by atoms with Crippen molar-refractivity contribution in [3.63, 3.8) is 0 Å². The van der Waals surface area contributed by atoms with Crippen molar-refractivity contribution < 1.29 is 9.53 Å². The number of rotatable bonds is 7. The molecule has 2 aromatic rings. The zero-order chi connectivity index (χ0) is 19.3. The number of halogens is 1. The van der Waals surface area contributed by atoms with Gasteiger partial charge in [-0.3, -0.25) is 4.79 Å². The van der Waals surface area contributed by atoms with E-state index in [-0.39, 0.29) is 5.91 Å². The topological polar surface area (TPSA) is 41.6 Å². The molecule has 140 valence electrons. The molecule has 0 aliphatic rings. The minimum Gasteiger partial charge on any atom is -0.481 e. The normalized spacial score (nSPS) is 11.8. The molecule has 0 radical (unpaired) electrons. The molecule has 0 heterocycles. The fourth-order valence-electron chi connectivity index (χ4n) is 2.82. The van der Waals surface area contributed by atoms with Gasteiger partial charge in [0, 0.05) is 29.5 Å². The maximum Gasteiger partial charge on any atom is 0.265 e. The van der Waals surface area contributed by atoms with Crippen LogP contribution in [0.5, 0.6) is 5.75 Å². The van der Waals surface area contributed by atoms with E-state index in [1.807, 2.05) is 50.2 Å². The highest BCUT2D eigenvalue weighted by molar-refractivity contribution is 6.32. The molecule has 0 aromatic heterocycles. The van der Waals surface area contributed by atoms with Gasteiger partial charge in [0.25, 0.3) is 5.91 Å². The number of carbonyl (C=O) groups is 1. The lowest BCUT2D eigenvalue weighted by Crippen LogP contribution is -2.30. The number of benzene rings is 2. The highest BCUT2D eigenvalue weighted by Gasteiger charge is 2.16. The SMILES string of the molecule is CCN(CC)c1ccc(NC(=O)C(C)Oc2cc(C)c(Cl)c(C)c2)cc1. The summed E-state index contributed by atoms with van der Waals surface area (Å²) in [5.74, 6) is 0.453. The first kappa shape index (κ1) is 20.1. The molecule has 0 aliphatic heterocycles. The van der Waals surface area contributed by atoms with Gasteiger partial charge in [-0.25, -0.2) is 0 Å². The summed E-state index contributed by atoms with van der Waals surface area (Å²) in [5.41, 5.74) is 3.76. The first-order valence-corrected chi connectivity index (χ1v) is 9.32. The molecule has 1 atom stereocenters. The third kappa shape index (κ3) is 4.92. The van der Waals surface area contributed by atoms with Gasteiger partial charge in [0.15, 0.2) is 6.10 Å². The van der Waals surface area contributed by atoms with Crippen LogP contribution in [0.1, 0.15) is 31.9 Å². The van der Waals surface area contributed by atoms with Crippen LogP contribution in [-0.2, 0) is 4.79 Å². The summed E-state index contributed by atoms with van der Waals surface area (Å²) in [7, 11) is 0. The second-order valence-corrected chi connectivity index (χ2v) is 6.72. The highest BCUT2D eigenvalue weighted by Crippen LogP contribution is 2.26. The van der Waals surface area contributed by atoms with Crippen LogP contribution in [0.4, 0.5) is 11.4 Å². The number of hydrogen-bond acceptors (Lipinski definition) is 3. The number of carbonyl (C=O) groups excluding carboxylic acids is 1. The standard InChI is InChI=1S/C21H27ClN2O2/c1-6-24(7-2)18-10-8-17(9-11-18)23-21(25)16(5)26-19-12-14(3)20(22)15(4)13-19/h8-13,16H,6-7H2,1-5H3,(H,23,25). The van der Waals surface area contributed by atoms with Crippen LogP contribution in [0.3, 0.4) is 0 Å². The molecular formula is C21H27ClN2O2. The quantitative estimate of drug-likeness (QED) is 0.723. The van der Waals surface area contributed by atoms with Gasteiger partial charge in [-0.05, 0) is 82.1 Å². The van der Waals surface area contributed by atoms with Crippen molar-refractivity contribution >= 4 is 28.9 Å². The Morgan fingerprint density at radius 1 is 1.12 bits per heavy atom. The van der Waals surface area contributed by atoms with Crippen molar-refractivity contribution in [1.29, 1.82) is 0 Å². The van der Waals surface area contributed by atoms with Crippen molar-refractivity contribution in [2.75, 3.05) is 23.3 Å². The van der Waals surface area contributed by atoms with Crippen LogP contribution >= 0.6 is 11.6 Å². The van der Waals surface area contributed by atoms with E-state index in [2.05, 4.69) is 24.1 Å². The van der Waals surface area contributed by atoms with E-state index < -0.39 is 6.10 Å². The van der Waals surface area contributed by atoms with E-state index in [9.17, 15) is 4.79 Å². The predicted octanol–water partition coefficient (Wildman–Crippen LogP) is 5.21. The van der Waals surface area contributed by atoms with Gasteiger partial charge in [0.1, 0.15) is 5.75 Å². The van der Waals surface area contributed by atoms with Crippen molar-refractivity contribution in [2.24, 2.45) is 0 Å². The van der Waals surface area contributed by atoms with Crippen LogP contribution in [-0.4, -0.2) is 25.1 Å². The van der Waals surface area contributed by atoms with E-state index in [4.69, 9.17) is 16.3 Å². The molecule has 0 saturated carbocycles. The summed E-state index contributed by atoms with van der Waals surface area (Å²) in [6.45, 7) is 11.7. The molecule has 1 N–H and O–H groups in total. The van der Waals surface area contributed by atoms with Gasteiger partial charge in [-0.2, -0.15) is 0 Å². The lowest BCUT2D eigenvalue weighted by atomic mass is 10.1. The first-order chi connectivity index (χ1) is 12.3. The molecule has 4 nitrogen and oxygen atoms in total. The van der Waals surface area contributed by atoms with Gasteiger partial charge >= 0.3 is 0 Å². The third-order valence-corrected chi connectivity index (χ3v) is 4.95. The number of amides is 1. The van der Waals surface area contributed by atoms with Crippen LogP contribution < -0.4 is 15.0 Å². The maximum atomic E-state index is 12.4. The van der Waals surface area contributed by atoms with E-state index in [1.54, 1.807) is 6.92 Å². The fourth-order valence-corrected chi connectivity index (χ4v) is 2.93. The van der Waals surface area contributed by atoms with Crippen LogP contribution in [0.2, 0.25) is 5.02 Å². The van der Waals surface area contributed by atoms with Crippen molar-refractivity contribution in [3.05, 3.63) is 52.5 Å². The van der Waals surface area contributed by atoms with Crippen molar-refractivity contribution in [3.8, 4) is 5.75 Å². The number of nitrogens with one attached hydrogen (secondary N) is 1. The fraction of sp³-hybridized carbons (Fsp3) is 0.381. The highest BCUT2D eigenvalue weighted by atomic mass is 35.5. The zero-order valence-electron chi connectivity index (χ0n) is 16.1. The molecule has 2 aromatic carbocycles. The average Bonchev–Trinajstić information content (AvgIpc) is 2.62. The Bertz CT molecular complexity index is 732. The van der Waals surface area contributed by atoms with Gasteiger partial charge in [-0.15, -0.1) is 0 Å². The Morgan fingerprint density at radius 3 is 2.15 bits per heavy atom. The number of nitrogens with zero attached hydrogens (tertiary/aromatic N) is 1. The molecule has 5 heteroatoms. The molecule has 0 spiro atoms. The molecule has 1 amide bonds. The predicted molar refractivity (Wildman–Crippen MR) is 110 cm³/mol. The molecule has 1 unspecified atom stereocenters. The van der Waals surface area contributed by atoms with E-state index in [1.165, 1.54) is 0 Å². The minimum atomic E-state index is -0.613. The Hall–Kier alpha value is -2.20. The Labute approximate surface area is 161 Å². The third-order valence-electron chi connectivity index (χ3n) is 4.36. The molecule has 0 saturated heterocycles. The summed E-state index contributed by atoms with van der Waals surface area (Å²) in [6.07, 6.45) is -0.613. The van der Waals surface area contributed by atoms with Gasteiger partial charge in [0.2, 0.25) is 0 Å². The summed E-state index contributed by atoms with van der Waals surface area (Å²) in [6, 6.07) is 11.5. The zero-order valence-corrected chi connectivity index (χ0v) is 16.9. The molecule has 0 aliphatic carbocycles. The Kier molecular flexibility index (Phi) is 6.92. The number of anilines is 2. The van der Waals surface area contributed by atoms with Gasteiger partial charge < -0.3 is 15.0 Å². The second kappa shape index (κ2) is 8.95. The molecule has 0 fully saturated rings. The van der Waals surface area contributed by atoms with Crippen LogP contribution in [0.25, 0.3) is 0 Å². The van der Waals surface area contributed by atoms with Crippen molar-refractivity contribution in [2.45, 2.75) is 40.7 Å². The summed E-state index contributed by atoms with van der Waals surface area (Å²) in [4.78, 5) is 14.7. The first-order valence-electron chi connectivity index (χ1n) is 8.95. The lowest BCUT2D eigenvalue weighted by molar-refractivity contribution is -0.122. The van der Waals surface area contributed by atoms with E-state index in [0.29, 0.717) is 5.75 Å². The van der Waals surface area contributed by atoms with Crippen LogP contribution in [0.15, 0.2) is 36.4 Å². The molecule has 26 heavy (non-hydrogen) atoms.